The fraction of sp³-hybridized carbons (Fsp3) is 0.346. The zero-order valence-electron chi connectivity index (χ0n) is 19.0. The Morgan fingerprint density at radius 2 is 2.00 bits per heavy atom. The molecule has 33 heavy (non-hydrogen) atoms. The van der Waals surface area contributed by atoms with Crippen molar-refractivity contribution < 1.29 is 19.5 Å². The fourth-order valence-corrected chi connectivity index (χ4v) is 4.57. The Bertz CT molecular complexity index is 1150. The van der Waals surface area contributed by atoms with Crippen LogP contribution in [0.5, 0.6) is 5.75 Å². The number of para-hydroxylation sites is 1. The predicted molar refractivity (Wildman–Crippen MR) is 125 cm³/mol. The number of nitrogens with one attached hydrogen (secondary N) is 1. The minimum Gasteiger partial charge on any atom is -0.489 e. The van der Waals surface area contributed by atoms with E-state index in [2.05, 4.69) is 4.98 Å². The maximum atomic E-state index is 13.0. The summed E-state index contributed by atoms with van der Waals surface area (Å²) in [4.78, 5) is 31.2. The smallest absolute Gasteiger partial charge is 0.266 e. The van der Waals surface area contributed by atoms with Crippen LogP contribution in [0.1, 0.15) is 48.9 Å². The monoisotopic (exact) mass is 447 g/mol. The fourth-order valence-electron chi connectivity index (χ4n) is 4.57. The molecule has 2 amide bonds. The van der Waals surface area contributed by atoms with E-state index in [1.807, 2.05) is 68.4 Å². The summed E-state index contributed by atoms with van der Waals surface area (Å²) in [6, 6.07) is 17.0. The summed E-state index contributed by atoms with van der Waals surface area (Å²) < 4.78 is 6.03. The third-order valence-electron chi connectivity index (χ3n) is 6.20. The molecule has 0 aliphatic carbocycles. The van der Waals surface area contributed by atoms with Crippen LogP contribution >= 0.6 is 0 Å². The lowest BCUT2D eigenvalue weighted by atomic mass is 9.97. The number of rotatable bonds is 8. The highest BCUT2D eigenvalue weighted by molar-refractivity contribution is 5.91. The van der Waals surface area contributed by atoms with Crippen molar-refractivity contribution >= 4 is 22.7 Å². The number of ether oxygens (including phenoxy) is 1. The summed E-state index contributed by atoms with van der Waals surface area (Å²) in [6.45, 7) is 4.84. The van der Waals surface area contributed by atoms with Crippen LogP contribution in [-0.4, -0.2) is 39.5 Å². The second-order valence-corrected chi connectivity index (χ2v) is 8.45. The van der Waals surface area contributed by atoms with Crippen molar-refractivity contribution in [2.24, 2.45) is 0 Å². The van der Waals surface area contributed by atoms with Gasteiger partial charge in [0.2, 0.25) is 5.91 Å². The maximum absolute atomic E-state index is 13.0. The standard InChI is InChI=1S/C26H29N3O4/c1-3-6-24(25(30)28-32)29-14-13-22(26(29)31)18-9-11-20(12-10-18)33-16-19-15-17(2)27-23-8-5-4-7-21(19)23/h4-5,7-12,15,22,24,32H,3,6,13-14,16H2,1-2H3,(H,28,30)/t22-,24-/m1/s1. The third kappa shape index (κ3) is 4.83. The average Bonchev–Trinajstić information content (AvgIpc) is 3.21. The van der Waals surface area contributed by atoms with Gasteiger partial charge in [-0.3, -0.25) is 19.8 Å². The molecule has 7 heteroatoms. The lowest BCUT2D eigenvalue weighted by Crippen LogP contribution is -2.47. The number of aromatic nitrogens is 1. The Kier molecular flexibility index (Phi) is 6.89. The van der Waals surface area contributed by atoms with Gasteiger partial charge in [0, 0.05) is 23.2 Å². The molecule has 0 unspecified atom stereocenters. The number of aryl methyl sites for hydroxylation is 1. The van der Waals surface area contributed by atoms with E-state index in [-0.39, 0.29) is 11.8 Å². The molecular weight excluding hydrogens is 418 g/mol. The SMILES string of the molecule is CCC[C@H](C(=O)NO)N1CC[C@H](c2ccc(OCc3cc(C)nc4ccccc34)cc2)C1=O. The molecular formula is C26H29N3O4. The van der Waals surface area contributed by atoms with Gasteiger partial charge in [-0.25, -0.2) is 5.48 Å². The van der Waals surface area contributed by atoms with Crippen LogP contribution in [0.4, 0.5) is 0 Å². The Morgan fingerprint density at radius 1 is 1.24 bits per heavy atom. The first-order chi connectivity index (χ1) is 16.0. The number of carbonyl (C=O) groups is 2. The summed E-state index contributed by atoms with van der Waals surface area (Å²) in [5.74, 6) is -0.183. The van der Waals surface area contributed by atoms with Gasteiger partial charge in [-0.15, -0.1) is 0 Å². The van der Waals surface area contributed by atoms with E-state index >= 15 is 0 Å². The van der Waals surface area contributed by atoms with Crippen molar-refractivity contribution in [3.8, 4) is 5.75 Å². The van der Waals surface area contributed by atoms with E-state index in [1.165, 1.54) is 0 Å². The lowest BCUT2D eigenvalue weighted by Gasteiger charge is -2.26. The maximum Gasteiger partial charge on any atom is 0.266 e. The average molecular weight is 448 g/mol. The Morgan fingerprint density at radius 3 is 2.73 bits per heavy atom. The van der Waals surface area contributed by atoms with Crippen molar-refractivity contribution in [2.45, 2.75) is 51.7 Å². The molecule has 7 nitrogen and oxygen atoms in total. The number of hydrogen-bond acceptors (Lipinski definition) is 5. The molecule has 2 atom stereocenters. The Balaban J connectivity index is 1.44. The summed E-state index contributed by atoms with van der Waals surface area (Å²) in [5.41, 5.74) is 5.58. The van der Waals surface area contributed by atoms with Gasteiger partial charge in [-0.05, 0) is 49.6 Å². The molecule has 0 radical (unpaired) electrons. The van der Waals surface area contributed by atoms with Gasteiger partial charge < -0.3 is 9.64 Å². The van der Waals surface area contributed by atoms with Crippen molar-refractivity contribution in [3.05, 3.63) is 71.4 Å². The number of carbonyl (C=O) groups excluding carboxylic acids is 2. The van der Waals surface area contributed by atoms with Crippen LogP contribution in [0.3, 0.4) is 0 Å². The zero-order chi connectivity index (χ0) is 23.4. The molecule has 0 saturated carbocycles. The zero-order valence-corrected chi connectivity index (χ0v) is 19.0. The van der Waals surface area contributed by atoms with Gasteiger partial charge in [0.15, 0.2) is 0 Å². The van der Waals surface area contributed by atoms with Crippen LogP contribution in [0.2, 0.25) is 0 Å². The molecule has 1 fully saturated rings. The molecule has 0 bridgehead atoms. The first-order valence-corrected chi connectivity index (χ1v) is 11.3. The van der Waals surface area contributed by atoms with Crippen molar-refractivity contribution in [1.29, 1.82) is 0 Å². The summed E-state index contributed by atoms with van der Waals surface area (Å²) in [5, 5.41) is 10.1. The molecule has 1 saturated heterocycles. The number of nitrogens with zero attached hydrogens (tertiary/aromatic N) is 2. The topological polar surface area (TPSA) is 91.8 Å². The quantitative estimate of drug-likeness (QED) is 0.401. The Labute approximate surface area is 193 Å². The predicted octanol–water partition coefficient (Wildman–Crippen LogP) is 4.11. The molecule has 1 aliphatic rings. The van der Waals surface area contributed by atoms with Crippen molar-refractivity contribution in [1.82, 2.24) is 15.4 Å². The number of likely N-dealkylation sites (tertiary alicyclic amines) is 1. The van der Waals surface area contributed by atoms with Crippen LogP contribution in [0, 0.1) is 6.92 Å². The van der Waals surface area contributed by atoms with E-state index in [4.69, 9.17) is 9.94 Å². The van der Waals surface area contributed by atoms with Gasteiger partial charge in [0.05, 0.1) is 11.4 Å². The largest absolute Gasteiger partial charge is 0.489 e. The van der Waals surface area contributed by atoms with Crippen molar-refractivity contribution in [3.63, 3.8) is 0 Å². The molecule has 1 aliphatic heterocycles. The number of hydrogen-bond donors (Lipinski definition) is 2. The van der Waals surface area contributed by atoms with E-state index in [0.29, 0.717) is 26.0 Å². The molecule has 2 N–H and O–H groups in total. The Hall–Kier alpha value is -3.45. The molecule has 172 valence electrons. The molecule has 3 aromatic rings. The number of amides is 2. The van der Waals surface area contributed by atoms with Crippen LogP contribution < -0.4 is 10.2 Å². The lowest BCUT2D eigenvalue weighted by molar-refractivity contribution is -0.142. The molecule has 0 spiro atoms. The third-order valence-corrected chi connectivity index (χ3v) is 6.20. The van der Waals surface area contributed by atoms with E-state index in [9.17, 15) is 9.59 Å². The van der Waals surface area contributed by atoms with E-state index < -0.39 is 11.9 Å². The minimum absolute atomic E-state index is 0.0792. The van der Waals surface area contributed by atoms with Crippen LogP contribution in [-0.2, 0) is 16.2 Å². The van der Waals surface area contributed by atoms with E-state index in [1.54, 1.807) is 10.4 Å². The molecule has 4 rings (SSSR count). The van der Waals surface area contributed by atoms with Crippen LogP contribution in [0.25, 0.3) is 10.9 Å². The number of benzene rings is 2. The summed E-state index contributed by atoms with van der Waals surface area (Å²) >= 11 is 0. The second kappa shape index (κ2) is 10.0. The number of hydroxylamine groups is 1. The minimum atomic E-state index is -0.640. The normalized spacial score (nSPS) is 16.8. The molecule has 1 aromatic heterocycles. The van der Waals surface area contributed by atoms with Crippen molar-refractivity contribution in [2.75, 3.05) is 6.54 Å². The highest BCUT2D eigenvalue weighted by Gasteiger charge is 2.39. The van der Waals surface area contributed by atoms with Gasteiger partial charge in [-0.1, -0.05) is 43.7 Å². The first kappa shape index (κ1) is 22.7. The second-order valence-electron chi connectivity index (χ2n) is 8.45. The van der Waals surface area contributed by atoms with Gasteiger partial charge in [0.1, 0.15) is 18.4 Å². The highest BCUT2D eigenvalue weighted by atomic mass is 16.5. The van der Waals surface area contributed by atoms with Gasteiger partial charge >= 0.3 is 0 Å². The number of fused-ring (bicyclic) bond motifs is 1. The first-order valence-electron chi connectivity index (χ1n) is 11.3. The van der Waals surface area contributed by atoms with E-state index in [0.717, 1.165) is 39.9 Å². The summed E-state index contributed by atoms with van der Waals surface area (Å²) in [7, 11) is 0. The van der Waals surface area contributed by atoms with Gasteiger partial charge in [0.25, 0.3) is 5.91 Å². The summed E-state index contributed by atoms with van der Waals surface area (Å²) in [6.07, 6.45) is 1.89. The molecule has 2 heterocycles. The highest BCUT2D eigenvalue weighted by Crippen LogP contribution is 2.32. The van der Waals surface area contributed by atoms with Crippen LogP contribution in [0.15, 0.2) is 54.6 Å². The van der Waals surface area contributed by atoms with Gasteiger partial charge in [-0.2, -0.15) is 0 Å². The number of pyridine rings is 1. The molecule has 2 aromatic carbocycles.